The predicted octanol–water partition coefficient (Wildman–Crippen LogP) is 5.56. The molecule has 0 saturated heterocycles. The van der Waals surface area contributed by atoms with Gasteiger partial charge in [-0.25, -0.2) is 0 Å². The molecule has 28 heavy (non-hydrogen) atoms. The molecule has 0 unspecified atom stereocenters. The molecule has 0 atom stereocenters. The van der Waals surface area contributed by atoms with E-state index in [1.165, 1.54) is 0 Å². The molecule has 0 aliphatic rings. The van der Waals surface area contributed by atoms with Crippen molar-refractivity contribution in [2.45, 2.75) is 0 Å². The van der Waals surface area contributed by atoms with E-state index >= 15 is 0 Å². The monoisotopic (exact) mass is 369 g/mol. The molecule has 4 aromatic rings. The number of benzene rings is 4. The number of nitriles is 1. The van der Waals surface area contributed by atoms with Crippen LogP contribution in [0.5, 0.6) is 17.2 Å². The molecule has 0 heterocycles. The van der Waals surface area contributed by atoms with Crippen molar-refractivity contribution in [3.8, 4) is 34.4 Å². The van der Waals surface area contributed by atoms with Gasteiger partial charge in [0.05, 0.1) is 26.9 Å². The Labute approximate surface area is 163 Å². The van der Waals surface area contributed by atoms with E-state index in [0.717, 1.165) is 32.7 Å². The number of nitrogens with zero attached hydrogens (tertiary/aromatic N) is 1. The van der Waals surface area contributed by atoms with E-state index in [9.17, 15) is 5.26 Å². The Balaban J connectivity index is 2.19. The van der Waals surface area contributed by atoms with Crippen LogP contribution in [0.15, 0.2) is 60.7 Å². The van der Waals surface area contributed by atoms with Gasteiger partial charge in [0.1, 0.15) is 6.07 Å². The third kappa shape index (κ3) is 2.60. The smallest absolute Gasteiger partial charge is 0.203 e. The van der Waals surface area contributed by atoms with E-state index in [1.807, 2.05) is 60.7 Å². The van der Waals surface area contributed by atoms with E-state index in [0.29, 0.717) is 22.8 Å². The summed E-state index contributed by atoms with van der Waals surface area (Å²) in [6, 6.07) is 22.2. The van der Waals surface area contributed by atoms with Crippen molar-refractivity contribution in [1.29, 1.82) is 5.26 Å². The summed E-state index contributed by atoms with van der Waals surface area (Å²) in [6.07, 6.45) is 0. The topological polar surface area (TPSA) is 51.5 Å². The molecule has 138 valence electrons. The number of hydrogen-bond donors (Lipinski definition) is 0. The van der Waals surface area contributed by atoms with Crippen molar-refractivity contribution in [2.24, 2.45) is 0 Å². The largest absolute Gasteiger partial charge is 0.493 e. The molecule has 0 saturated carbocycles. The maximum Gasteiger partial charge on any atom is 0.203 e. The van der Waals surface area contributed by atoms with Gasteiger partial charge in [0.25, 0.3) is 0 Å². The zero-order valence-electron chi connectivity index (χ0n) is 15.9. The lowest BCUT2D eigenvalue weighted by Crippen LogP contribution is -1.97. The Hall–Kier alpha value is -3.71. The molecule has 4 aromatic carbocycles. The molecule has 4 rings (SSSR count). The first-order valence-electron chi connectivity index (χ1n) is 8.87. The fraction of sp³-hybridized carbons (Fsp3) is 0.125. The third-order valence-electron chi connectivity index (χ3n) is 5.00. The van der Waals surface area contributed by atoms with Crippen LogP contribution in [0.4, 0.5) is 0 Å². The van der Waals surface area contributed by atoms with Gasteiger partial charge in [-0.1, -0.05) is 48.5 Å². The minimum absolute atomic E-state index is 0.552. The molecule has 0 aromatic heterocycles. The molecule has 0 radical (unpaired) electrons. The van der Waals surface area contributed by atoms with Gasteiger partial charge in [-0.3, -0.25) is 0 Å². The normalized spacial score (nSPS) is 10.6. The SMILES string of the molecule is COc1cc(-c2c3ccccc3c(C#N)c3ccccc23)cc(OC)c1OC. The van der Waals surface area contributed by atoms with Gasteiger partial charge in [-0.2, -0.15) is 5.26 Å². The summed E-state index contributed by atoms with van der Waals surface area (Å²) >= 11 is 0. The summed E-state index contributed by atoms with van der Waals surface area (Å²) in [5.41, 5.74) is 2.65. The molecular weight excluding hydrogens is 350 g/mol. The van der Waals surface area contributed by atoms with Crippen molar-refractivity contribution in [3.05, 3.63) is 66.2 Å². The van der Waals surface area contributed by atoms with Gasteiger partial charge in [0.15, 0.2) is 11.5 Å². The van der Waals surface area contributed by atoms with Crippen molar-refractivity contribution >= 4 is 21.5 Å². The van der Waals surface area contributed by atoms with Crippen molar-refractivity contribution in [1.82, 2.24) is 0 Å². The quantitative estimate of drug-likeness (QED) is 0.442. The molecule has 0 aliphatic heterocycles. The standard InChI is InChI=1S/C24H19NO3/c1-26-21-12-15(13-22(27-2)24(21)28-3)23-18-10-6-4-8-16(18)20(14-25)17-9-5-7-11-19(17)23/h4-13H,1-3H3. The zero-order valence-corrected chi connectivity index (χ0v) is 15.9. The number of rotatable bonds is 4. The van der Waals surface area contributed by atoms with Gasteiger partial charge < -0.3 is 14.2 Å². The Kier molecular flexibility index (Phi) is 4.50. The second-order valence-corrected chi connectivity index (χ2v) is 6.37. The van der Waals surface area contributed by atoms with Crippen LogP contribution in [0, 0.1) is 11.3 Å². The van der Waals surface area contributed by atoms with Crippen LogP contribution in [0.3, 0.4) is 0 Å². The Morgan fingerprint density at radius 3 is 1.54 bits per heavy atom. The molecule has 0 amide bonds. The second kappa shape index (κ2) is 7.13. The van der Waals surface area contributed by atoms with Crippen LogP contribution < -0.4 is 14.2 Å². The number of methoxy groups -OCH3 is 3. The highest BCUT2D eigenvalue weighted by atomic mass is 16.5. The van der Waals surface area contributed by atoms with Crippen LogP contribution in [-0.2, 0) is 0 Å². The number of hydrogen-bond acceptors (Lipinski definition) is 4. The average Bonchev–Trinajstić information content (AvgIpc) is 2.76. The maximum absolute atomic E-state index is 9.82. The summed E-state index contributed by atoms with van der Waals surface area (Å²) < 4.78 is 16.6. The van der Waals surface area contributed by atoms with E-state index in [2.05, 4.69) is 6.07 Å². The first kappa shape index (κ1) is 17.7. The maximum atomic E-state index is 9.82. The van der Waals surface area contributed by atoms with E-state index in [1.54, 1.807) is 21.3 Å². The molecule has 0 aliphatic carbocycles. The molecular formula is C24H19NO3. The lowest BCUT2D eigenvalue weighted by Gasteiger charge is -2.17. The summed E-state index contributed by atoms with van der Waals surface area (Å²) in [4.78, 5) is 0. The molecule has 4 heteroatoms. The van der Waals surface area contributed by atoms with E-state index < -0.39 is 0 Å². The van der Waals surface area contributed by atoms with Crippen LogP contribution in [0.2, 0.25) is 0 Å². The molecule has 4 nitrogen and oxygen atoms in total. The highest BCUT2D eigenvalue weighted by molar-refractivity contribution is 6.16. The predicted molar refractivity (Wildman–Crippen MR) is 111 cm³/mol. The fourth-order valence-electron chi connectivity index (χ4n) is 3.79. The summed E-state index contributed by atoms with van der Waals surface area (Å²) in [5.74, 6) is 1.74. The van der Waals surface area contributed by atoms with Crippen LogP contribution in [0.1, 0.15) is 5.56 Å². The first-order chi connectivity index (χ1) is 13.7. The van der Waals surface area contributed by atoms with Crippen LogP contribution in [-0.4, -0.2) is 21.3 Å². The summed E-state index contributed by atoms with van der Waals surface area (Å²) in [5, 5.41) is 13.7. The van der Waals surface area contributed by atoms with Gasteiger partial charge in [0, 0.05) is 10.8 Å². The van der Waals surface area contributed by atoms with E-state index in [-0.39, 0.29) is 0 Å². The average molecular weight is 369 g/mol. The minimum Gasteiger partial charge on any atom is -0.493 e. The molecule has 0 bridgehead atoms. The first-order valence-corrected chi connectivity index (χ1v) is 8.87. The van der Waals surface area contributed by atoms with Crippen LogP contribution in [0.25, 0.3) is 32.7 Å². The number of fused-ring (bicyclic) bond motifs is 2. The van der Waals surface area contributed by atoms with Gasteiger partial charge >= 0.3 is 0 Å². The molecule has 0 N–H and O–H groups in total. The number of ether oxygens (including phenoxy) is 3. The van der Waals surface area contributed by atoms with Gasteiger partial charge in [-0.05, 0) is 34.0 Å². The van der Waals surface area contributed by atoms with E-state index in [4.69, 9.17) is 14.2 Å². The zero-order chi connectivity index (χ0) is 19.7. The highest BCUT2D eigenvalue weighted by Gasteiger charge is 2.19. The molecule has 0 spiro atoms. The lowest BCUT2D eigenvalue weighted by molar-refractivity contribution is 0.324. The lowest BCUT2D eigenvalue weighted by atomic mass is 9.88. The minimum atomic E-state index is 0.552. The Morgan fingerprint density at radius 1 is 0.679 bits per heavy atom. The van der Waals surface area contributed by atoms with Crippen molar-refractivity contribution in [3.63, 3.8) is 0 Å². The van der Waals surface area contributed by atoms with Gasteiger partial charge in [0.2, 0.25) is 5.75 Å². The highest BCUT2D eigenvalue weighted by Crippen LogP contribution is 2.45. The van der Waals surface area contributed by atoms with Crippen molar-refractivity contribution < 1.29 is 14.2 Å². The Morgan fingerprint density at radius 2 is 1.14 bits per heavy atom. The van der Waals surface area contributed by atoms with Crippen LogP contribution >= 0.6 is 0 Å². The third-order valence-corrected chi connectivity index (χ3v) is 5.00. The second-order valence-electron chi connectivity index (χ2n) is 6.37. The van der Waals surface area contributed by atoms with Crippen molar-refractivity contribution in [2.75, 3.05) is 21.3 Å². The molecule has 0 fully saturated rings. The Bertz CT molecular complexity index is 1160. The summed E-state index contributed by atoms with van der Waals surface area (Å²) in [7, 11) is 4.80. The summed E-state index contributed by atoms with van der Waals surface area (Å²) in [6.45, 7) is 0. The van der Waals surface area contributed by atoms with Gasteiger partial charge in [-0.15, -0.1) is 0 Å². The fourth-order valence-corrected chi connectivity index (χ4v) is 3.79.